The van der Waals surface area contributed by atoms with Gasteiger partial charge in [0.05, 0.1) is 5.52 Å². The molecule has 5 heteroatoms. The Bertz CT molecular complexity index is 834. The third kappa shape index (κ3) is 3.70. The number of nitrogens with zero attached hydrogens (tertiary/aromatic N) is 2. The quantitative estimate of drug-likeness (QED) is 0.864. The van der Waals surface area contributed by atoms with Crippen LogP contribution in [0, 0.1) is 20.8 Å². The van der Waals surface area contributed by atoms with Crippen molar-refractivity contribution in [1.82, 2.24) is 20.1 Å². The van der Waals surface area contributed by atoms with Crippen LogP contribution in [0.1, 0.15) is 48.1 Å². The standard InChI is InChI=1S/C22H32N4O/c1-15-11-18(21-20(12-15)16(2)17(3)24-21)13-23-22(27)26-10-6-7-19(14-26)25-8-4-5-9-25/h11-12,19,24H,4-10,13-14H2,1-3H3,(H,23,27)/t19-/m0/s1. The van der Waals surface area contributed by atoms with Crippen molar-refractivity contribution >= 4 is 16.9 Å². The summed E-state index contributed by atoms with van der Waals surface area (Å²) in [7, 11) is 0. The molecule has 3 heterocycles. The number of nitrogens with one attached hydrogen (secondary N) is 2. The molecule has 0 aliphatic carbocycles. The van der Waals surface area contributed by atoms with Gasteiger partial charge in [0.2, 0.25) is 0 Å². The van der Waals surface area contributed by atoms with Crippen molar-refractivity contribution in [3.05, 3.63) is 34.5 Å². The molecule has 2 fully saturated rings. The van der Waals surface area contributed by atoms with Gasteiger partial charge in [0, 0.05) is 36.8 Å². The van der Waals surface area contributed by atoms with Crippen LogP contribution in [0.5, 0.6) is 0 Å². The van der Waals surface area contributed by atoms with Crippen molar-refractivity contribution in [2.75, 3.05) is 26.2 Å². The van der Waals surface area contributed by atoms with Crippen LogP contribution in [-0.4, -0.2) is 53.0 Å². The molecule has 0 radical (unpaired) electrons. The molecule has 2 aliphatic rings. The average molecular weight is 369 g/mol. The number of aromatic nitrogens is 1. The zero-order valence-corrected chi connectivity index (χ0v) is 16.9. The van der Waals surface area contributed by atoms with Gasteiger partial charge in [0.25, 0.3) is 0 Å². The van der Waals surface area contributed by atoms with Gasteiger partial charge in [-0.25, -0.2) is 4.79 Å². The van der Waals surface area contributed by atoms with Crippen LogP contribution in [0.25, 0.3) is 10.9 Å². The number of urea groups is 1. The first-order valence-corrected chi connectivity index (χ1v) is 10.4. The minimum Gasteiger partial charge on any atom is -0.358 e. The first-order valence-electron chi connectivity index (χ1n) is 10.4. The van der Waals surface area contributed by atoms with Gasteiger partial charge in [-0.2, -0.15) is 0 Å². The number of carbonyl (C=O) groups excluding carboxylic acids is 1. The summed E-state index contributed by atoms with van der Waals surface area (Å²) in [5.74, 6) is 0. The molecule has 2 amide bonds. The molecule has 2 saturated heterocycles. The Morgan fingerprint density at radius 1 is 1.15 bits per heavy atom. The summed E-state index contributed by atoms with van der Waals surface area (Å²) in [4.78, 5) is 20.9. The first-order chi connectivity index (χ1) is 13.0. The largest absolute Gasteiger partial charge is 0.358 e. The van der Waals surface area contributed by atoms with Gasteiger partial charge in [0.1, 0.15) is 0 Å². The average Bonchev–Trinajstić information content (AvgIpc) is 3.30. The van der Waals surface area contributed by atoms with Gasteiger partial charge in [0.15, 0.2) is 0 Å². The number of H-pyrrole nitrogens is 1. The van der Waals surface area contributed by atoms with E-state index in [1.807, 2.05) is 4.90 Å². The number of likely N-dealkylation sites (tertiary alicyclic amines) is 2. The molecule has 5 nitrogen and oxygen atoms in total. The molecule has 0 bridgehead atoms. The van der Waals surface area contributed by atoms with Crippen LogP contribution in [0.2, 0.25) is 0 Å². The van der Waals surface area contributed by atoms with Crippen LogP contribution in [0.15, 0.2) is 12.1 Å². The molecule has 1 aromatic heterocycles. The maximum absolute atomic E-state index is 12.8. The molecule has 2 aliphatic heterocycles. The summed E-state index contributed by atoms with van der Waals surface area (Å²) < 4.78 is 0. The lowest BCUT2D eigenvalue weighted by molar-refractivity contribution is 0.125. The van der Waals surface area contributed by atoms with Crippen molar-refractivity contribution in [3.8, 4) is 0 Å². The second-order valence-corrected chi connectivity index (χ2v) is 8.37. The first kappa shape index (κ1) is 18.4. The lowest BCUT2D eigenvalue weighted by atomic mass is 10.0. The Morgan fingerprint density at radius 2 is 1.93 bits per heavy atom. The summed E-state index contributed by atoms with van der Waals surface area (Å²) in [5, 5.41) is 4.44. The van der Waals surface area contributed by atoms with E-state index in [0.29, 0.717) is 12.6 Å². The van der Waals surface area contributed by atoms with Crippen LogP contribution in [0.4, 0.5) is 4.79 Å². The highest BCUT2D eigenvalue weighted by Crippen LogP contribution is 2.26. The van der Waals surface area contributed by atoms with Crippen LogP contribution in [-0.2, 0) is 6.54 Å². The van der Waals surface area contributed by atoms with Gasteiger partial charge in [-0.3, -0.25) is 4.90 Å². The molecule has 2 N–H and O–H groups in total. The minimum absolute atomic E-state index is 0.0774. The van der Waals surface area contributed by atoms with E-state index in [-0.39, 0.29) is 6.03 Å². The zero-order valence-electron chi connectivity index (χ0n) is 16.9. The van der Waals surface area contributed by atoms with E-state index >= 15 is 0 Å². The topological polar surface area (TPSA) is 51.4 Å². The number of carbonyl (C=O) groups is 1. The monoisotopic (exact) mass is 368 g/mol. The lowest BCUT2D eigenvalue weighted by Crippen LogP contribution is -2.51. The second kappa shape index (κ2) is 7.55. The van der Waals surface area contributed by atoms with E-state index in [1.165, 1.54) is 60.1 Å². The number of benzene rings is 1. The Labute approximate surface area is 162 Å². The van der Waals surface area contributed by atoms with E-state index in [4.69, 9.17) is 0 Å². The van der Waals surface area contributed by atoms with Gasteiger partial charge < -0.3 is 15.2 Å². The molecule has 0 saturated carbocycles. The molecule has 0 unspecified atom stereocenters. The van der Waals surface area contributed by atoms with Crippen molar-refractivity contribution in [1.29, 1.82) is 0 Å². The van der Waals surface area contributed by atoms with Gasteiger partial charge in [-0.1, -0.05) is 11.6 Å². The Kier molecular flexibility index (Phi) is 5.13. The number of hydrogen-bond acceptors (Lipinski definition) is 2. The highest BCUT2D eigenvalue weighted by molar-refractivity contribution is 5.88. The number of hydrogen-bond donors (Lipinski definition) is 2. The van der Waals surface area contributed by atoms with Gasteiger partial charge >= 0.3 is 6.03 Å². The number of rotatable bonds is 3. The maximum Gasteiger partial charge on any atom is 0.317 e. The van der Waals surface area contributed by atoms with E-state index in [2.05, 4.69) is 48.1 Å². The summed E-state index contributed by atoms with van der Waals surface area (Å²) in [5.41, 5.74) is 6.06. The fourth-order valence-corrected chi connectivity index (χ4v) is 4.75. The molecule has 1 atom stereocenters. The van der Waals surface area contributed by atoms with Crippen LogP contribution < -0.4 is 5.32 Å². The molecule has 0 spiro atoms. The molecular weight excluding hydrogens is 336 g/mol. The molecule has 1 aromatic carbocycles. The smallest absolute Gasteiger partial charge is 0.317 e. The van der Waals surface area contributed by atoms with E-state index in [9.17, 15) is 4.79 Å². The SMILES string of the molecule is Cc1cc(CNC(=O)N2CCC[C@H](N3CCCC3)C2)c2[nH]c(C)c(C)c2c1. The number of piperidine rings is 1. The van der Waals surface area contributed by atoms with Crippen molar-refractivity contribution < 1.29 is 4.79 Å². The predicted octanol–water partition coefficient (Wildman–Crippen LogP) is 3.86. The minimum atomic E-state index is 0.0774. The Balaban J connectivity index is 1.43. The molecule has 4 rings (SSSR count). The fraction of sp³-hybridized carbons (Fsp3) is 0.591. The van der Waals surface area contributed by atoms with Crippen molar-refractivity contribution in [3.63, 3.8) is 0 Å². The van der Waals surface area contributed by atoms with Crippen molar-refractivity contribution in [2.45, 2.75) is 59.0 Å². The maximum atomic E-state index is 12.8. The third-order valence-electron chi connectivity index (χ3n) is 6.41. The highest BCUT2D eigenvalue weighted by Gasteiger charge is 2.29. The van der Waals surface area contributed by atoms with E-state index in [1.54, 1.807) is 0 Å². The number of aromatic amines is 1. The zero-order chi connectivity index (χ0) is 19.0. The molecular formula is C22H32N4O. The van der Waals surface area contributed by atoms with Gasteiger partial charge in [-0.05, 0) is 76.7 Å². The fourth-order valence-electron chi connectivity index (χ4n) is 4.75. The van der Waals surface area contributed by atoms with Crippen LogP contribution in [0.3, 0.4) is 0 Å². The predicted molar refractivity (Wildman–Crippen MR) is 110 cm³/mol. The number of aryl methyl sites for hydroxylation is 3. The van der Waals surface area contributed by atoms with E-state index in [0.717, 1.165) is 25.0 Å². The Morgan fingerprint density at radius 3 is 2.70 bits per heavy atom. The van der Waals surface area contributed by atoms with E-state index < -0.39 is 0 Å². The highest BCUT2D eigenvalue weighted by atomic mass is 16.2. The van der Waals surface area contributed by atoms with Crippen molar-refractivity contribution in [2.24, 2.45) is 0 Å². The Hall–Kier alpha value is -2.01. The summed E-state index contributed by atoms with van der Waals surface area (Å²) in [6.07, 6.45) is 4.95. The number of fused-ring (bicyclic) bond motifs is 1. The summed E-state index contributed by atoms with van der Waals surface area (Å²) >= 11 is 0. The van der Waals surface area contributed by atoms with Gasteiger partial charge in [-0.15, -0.1) is 0 Å². The lowest BCUT2D eigenvalue weighted by Gasteiger charge is -2.37. The summed E-state index contributed by atoms with van der Waals surface area (Å²) in [6.45, 7) is 11.1. The van der Waals surface area contributed by atoms with Crippen LogP contribution >= 0.6 is 0 Å². The molecule has 27 heavy (non-hydrogen) atoms. The third-order valence-corrected chi connectivity index (χ3v) is 6.41. The molecule has 146 valence electrons. The number of amides is 2. The summed E-state index contributed by atoms with van der Waals surface area (Å²) in [6, 6.07) is 5.03. The second-order valence-electron chi connectivity index (χ2n) is 8.37. The normalized spacial score (nSPS) is 21.1. The molecule has 2 aromatic rings.